The minimum absolute atomic E-state index is 0.125. The summed E-state index contributed by atoms with van der Waals surface area (Å²) in [4.78, 5) is 13.7. The number of esters is 1. The Kier molecular flexibility index (Phi) is 15.3. The average Bonchev–Trinajstić information content (AvgIpc) is 2.40. The number of hydrogen-bond donors (Lipinski definition) is 2. The van der Waals surface area contributed by atoms with Gasteiger partial charge in [-0.3, -0.25) is 9.78 Å². The lowest BCUT2D eigenvalue weighted by atomic mass is 10.4. The van der Waals surface area contributed by atoms with Crippen molar-refractivity contribution < 1.29 is 19.7 Å². The molecule has 0 aliphatic carbocycles. The van der Waals surface area contributed by atoms with Gasteiger partial charge in [-0.15, -0.1) is 0 Å². The molecule has 0 atom stereocenters. The summed E-state index contributed by atoms with van der Waals surface area (Å²) in [6.07, 6.45) is 4.57. The third kappa shape index (κ3) is 16.4. The first-order valence-electron chi connectivity index (χ1n) is 5.15. The largest absolute Gasteiger partial charge is 0.435 e. The van der Waals surface area contributed by atoms with E-state index in [1.165, 1.54) is 6.92 Å². The highest BCUT2D eigenvalue weighted by Crippen LogP contribution is 1.91. The zero-order valence-corrected chi connectivity index (χ0v) is 10.5. The van der Waals surface area contributed by atoms with Gasteiger partial charge in [-0.05, 0) is 18.2 Å². The molecule has 0 bridgehead atoms. The van der Waals surface area contributed by atoms with Crippen LogP contribution in [-0.2, 0) is 9.53 Å². The van der Waals surface area contributed by atoms with Crippen LogP contribution in [0.15, 0.2) is 43.8 Å². The number of aliphatic hydroxyl groups excluding tert-OH is 2. The Morgan fingerprint density at radius 2 is 2.00 bits per heavy atom. The summed E-state index contributed by atoms with van der Waals surface area (Å²) >= 11 is 0. The molecule has 100 valence electrons. The normalized spacial score (nSPS) is 7.72. The van der Waals surface area contributed by atoms with Crippen LogP contribution in [0.1, 0.15) is 12.6 Å². The zero-order chi connectivity index (χ0) is 14.2. The Bertz CT molecular complexity index is 323. The summed E-state index contributed by atoms with van der Waals surface area (Å²) in [6.45, 7) is 7.80. The van der Waals surface area contributed by atoms with E-state index in [-0.39, 0.29) is 19.2 Å². The topological polar surface area (TPSA) is 79.7 Å². The Balaban J connectivity index is 0. The Morgan fingerprint density at radius 1 is 1.39 bits per heavy atom. The molecule has 18 heavy (non-hydrogen) atoms. The monoisotopic (exact) mass is 253 g/mol. The predicted octanol–water partition coefficient (Wildman–Crippen LogP) is 1.39. The fourth-order valence-corrected chi connectivity index (χ4v) is 0.614. The quantitative estimate of drug-likeness (QED) is 0.628. The van der Waals surface area contributed by atoms with E-state index in [0.29, 0.717) is 0 Å². The van der Waals surface area contributed by atoms with Crippen molar-refractivity contribution in [3.63, 3.8) is 0 Å². The third-order valence-corrected chi connectivity index (χ3v) is 1.25. The van der Waals surface area contributed by atoms with Crippen LogP contribution in [0.2, 0.25) is 0 Å². The summed E-state index contributed by atoms with van der Waals surface area (Å²) < 4.78 is 4.17. The Morgan fingerprint density at radius 3 is 2.17 bits per heavy atom. The molecular formula is C13H19NO4. The van der Waals surface area contributed by atoms with Crippen molar-refractivity contribution in [2.24, 2.45) is 0 Å². The van der Waals surface area contributed by atoms with Crippen LogP contribution in [0.4, 0.5) is 0 Å². The molecule has 0 aliphatic heterocycles. The van der Waals surface area contributed by atoms with Crippen LogP contribution < -0.4 is 0 Å². The van der Waals surface area contributed by atoms with E-state index in [4.69, 9.17) is 10.2 Å². The molecular weight excluding hydrogens is 234 g/mol. The van der Waals surface area contributed by atoms with Gasteiger partial charge in [0.05, 0.1) is 25.2 Å². The van der Waals surface area contributed by atoms with Gasteiger partial charge >= 0.3 is 5.97 Å². The smallest absolute Gasteiger partial charge is 0.307 e. The summed E-state index contributed by atoms with van der Waals surface area (Å²) in [5.41, 5.74) is 0.924. The van der Waals surface area contributed by atoms with Gasteiger partial charge in [-0.2, -0.15) is 0 Å². The minimum atomic E-state index is -0.329. The lowest BCUT2D eigenvalue weighted by Gasteiger charge is -1.84. The van der Waals surface area contributed by atoms with Crippen LogP contribution >= 0.6 is 0 Å². The number of aromatic nitrogens is 1. The van der Waals surface area contributed by atoms with Crippen LogP contribution in [0, 0.1) is 0 Å². The van der Waals surface area contributed by atoms with Crippen molar-refractivity contribution in [1.29, 1.82) is 0 Å². The van der Waals surface area contributed by atoms with Gasteiger partial charge in [0.1, 0.15) is 0 Å². The fourth-order valence-electron chi connectivity index (χ4n) is 0.614. The van der Waals surface area contributed by atoms with Gasteiger partial charge < -0.3 is 14.9 Å². The molecule has 0 aliphatic rings. The van der Waals surface area contributed by atoms with E-state index in [9.17, 15) is 4.79 Å². The number of nitrogens with zero attached hydrogens (tertiary/aromatic N) is 1. The number of rotatable bonds is 3. The molecule has 1 rings (SSSR count). The molecule has 0 spiro atoms. The molecule has 1 aromatic heterocycles. The lowest BCUT2D eigenvalue weighted by Crippen LogP contribution is -1.87. The second kappa shape index (κ2) is 15.0. The van der Waals surface area contributed by atoms with Crippen LogP contribution in [-0.4, -0.2) is 34.4 Å². The zero-order valence-electron chi connectivity index (χ0n) is 10.5. The highest BCUT2D eigenvalue weighted by molar-refractivity contribution is 5.66. The SMILES string of the molecule is C=COC(C)=O.C=Cc1ccccn1.OCCO. The summed E-state index contributed by atoms with van der Waals surface area (Å²) in [5, 5.41) is 15.2. The predicted molar refractivity (Wildman–Crippen MR) is 70.5 cm³/mol. The number of pyridine rings is 1. The fraction of sp³-hybridized carbons (Fsp3) is 0.231. The highest BCUT2D eigenvalue weighted by atomic mass is 16.5. The van der Waals surface area contributed by atoms with Crippen molar-refractivity contribution >= 4 is 12.0 Å². The number of carbonyl (C=O) groups is 1. The lowest BCUT2D eigenvalue weighted by molar-refractivity contribution is -0.135. The van der Waals surface area contributed by atoms with Gasteiger partial charge in [0, 0.05) is 13.1 Å². The number of hydrogen-bond acceptors (Lipinski definition) is 5. The molecule has 0 saturated carbocycles. The van der Waals surface area contributed by atoms with Crippen molar-refractivity contribution in [2.45, 2.75) is 6.92 Å². The second-order valence-electron chi connectivity index (χ2n) is 2.68. The van der Waals surface area contributed by atoms with E-state index in [1.807, 2.05) is 18.2 Å². The van der Waals surface area contributed by atoms with Gasteiger partial charge in [-0.25, -0.2) is 0 Å². The van der Waals surface area contributed by atoms with Crippen molar-refractivity contribution in [3.8, 4) is 0 Å². The molecule has 5 heteroatoms. The number of aliphatic hydroxyl groups is 2. The summed E-state index contributed by atoms with van der Waals surface area (Å²) in [5.74, 6) is -0.329. The van der Waals surface area contributed by atoms with Gasteiger partial charge in [-0.1, -0.05) is 19.2 Å². The molecule has 0 aromatic carbocycles. The summed E-state index contributed by atoms with van der Waals surface area (Å²) in [6, 6.07) is 5.73. The maximum absolute atomic E-state index is 9.75. The first kappa shape index (κ1) is 18.4. The van der Waals surface area contributed by atoms with Crippen molar-refractivity contribution in [3.05, 3.63) is 49.5 Å². The molecule has 0 unspecified atom stereocenters. The maximum Gasteiger partial charge on any atom is 0.307 e. The standard InChI is InChI=1S/C7H7N.C4H6O2.C2H6O2/c1-2-7-5-3-4-6-8-7;1-3-6-4(2)5;3-1-2-4/h2-6H,1H2;3H,1H2,2H3;3-4H,1-2H2. The average molecular weight is 253 g/mol. The number of ether oxygens (including phenoxy) is 1. The Labute approximate surface area is 107 Å². The van der Waals surface area contributed by atoms with Crippen molar-refractivity contribution in [1.82, 2.24) is 4.98 Å². The van der Waals surface area contributed by atoms with Crippen LogP contribution in [0.3, 0.4) is 0 Å². The molecule has 1 heterocycles. The molecule has 1 aromatic rings. The maximum atomic E-state index is 9.75. The van der Waals surface area contributed by atoms with E-state index in [2.05, 4.69) is 22.9 Å². The van der Waals surface area contributed by atoms with Crippen LogP contribution in [0.5, 0.6) is 0 Å². The first-order chi connectivity index (χ1) is 8.62. The van der Waals surface area contributed by atoms with Gasteiger partial charge in [0.15, 0.2) is 0 Å². The molecule has 0 fully saturated rings. The first-order valence-corrected chi connectivity index (χ1v) is 5.15. The van der Waals surface area contributed by atoms with E-state index in [0.717, 1.165) is 12.0 Å². The third-order valence-electron chi connectivity index (χ3n) is 1.25. The molecule has 5 nitrogen and oxygen atoms in total. The van der Waals surface area contributed by atoms with E-state index < -0.39 is 0 Å². The molecule has 0 saturated heterocycles. The van der Waals surface area contributed by atoms with Gasteiger partial charge in [0.25, 0.3) is 0 Å². The van der Waals surface area contributed by atoms with Gasteiger partial charge in [0.2, 0.25) is 0 Å². The summed E-state index contributed by atoms with van der Waals surface area (Å²) in [7, 11) is 0. The minimum Gasteiger partial charge on any atom is -0.435 e. The molecule has 2 N–H and O–H groups in total. The molecule has 0 amide bonds. The van der Waals surface area contributed by atoms with Crippen LogP contribution in [0.25, 0.3) is 6.08 Å². The Hall–Kier alpha value is -1.98. The van der Waals surface area contributed by atoms with E-state index in [1.54, 1.807) is 12.3 Å². The van der Waals surface area contributed by atoms with Crippen molar-refractivity contribution in [2.75, 3.05) is 13.2 Å². The van der Waals surface area contributed by atoms with E-state index >= 15 is 0 Å². The number of carbonyl (C=O) groups excluding carboxylic acids is 1. The molecule has 0 radical (unpaired) electrons. The second-order valence-corrected chi connectivity index (χ2v) is 2.68. The highest BCUT2D eigenvalue weighted by Gasteiger charge is 1.79.